The largest absolute Gasteiger partial charge is 0.404 e. The molecule has 0 spiro atoms. The van der Waals surface area contributed by atoms with E-state index in [4.69, 9.17) is 5.73 Å². The van der Waals surface area contributed by atoms with Gasteiger partial charge in [-0.15, -0.1) is 0 Å². The third kappa shape index (κ3) is 5.29. The summed E-state index contributed by atoms with van der Waals surface area (Å²) in [6.45, 7) is 6.60. The minimum Gasteiger partial charge on any atom is -0.404 e. The highest BCUT2D eigenvalue weighted by molar-refractivity contribution is 5.24. The highest BCUT2D eigenvalue weighted by Gasteiger charge is 2.09. The van der Waals surface area contributed by atoms with Crippen molar-refractivity contribution in [3.63, 3.8) is 0 Å². The van der Waals surface area contributed by atoms with Crippen molar-refractivity contribution in [3.8, 4) is 0 Å². The van der Waals surface area contributed by atoms with E-state index in [1.165, 1.54) is 23.3 Å². The normalized spacial score (nSPS) is 14.5. The Bertz CT molecular complexity index is 418. The first kappa shape index (κ1) is 15.5. The van der Waals surface area contributed by atoms with Crippen LogP contribution in [0.4, 0.5) is 0 Å². The monoisotopic (exact) mass is 258 g/mol. The van der Waals surface area contributed by atoms with Crippen molar-refractivity contribution in [3.05, 3.63) is 53.5 Å². The van der Waals surface area contributed by atoms with Gasteiger partial charge < -0.3 is 5.73 Å². The van der Waals surface area contributed by atoms with Crippen LogP contribution in [0.3, 0.4) is 0 Å². The molecule has 0 fully saturated rings. The van der Waals surface area contributed by atoms with Gasteiger partial charge in [-0.05, 0) is 43.2 Å². The van der Waals surface area contributed by atoms with Gasteiger partial charge in [0.2, 0.25) is 0 Å². The van der Waals surface area contributed by atoms with E-state index in [1.54, 1.807) is 6.20 Å². The summed E-state index contributed by atoms with van der Waals surface area (Å²) in [6, 6.07) is 6.12. The lowest BCUT2D eigenvalue weighted by molar-refractivity contribution is 0.691. The fourth-order valence-electron chi connectivity index (χ4n) is 2.25. The molecular formula is C17H26N2. The topological polar surface area (TPSA) is 38.9 Å². The zero-order valence-electron chi connectivity index (χ0n) is 12.4. The number of rotatable bonds is 7. The molecule has 0 aliphatic heterocycles. The summed E-state index contributed by atoms with van der Waals surface area (Å²) >= 11 is 0. The lowest BCUT2D eigenvalue weighted by Crippen LogP contribution is -1.99. The molecule has 1 aromatic rings. The highest BCUT2D eigenvalue weighted by atomic mass is 14.7. The first-order valence-corrected chi connectivity index (χ1v) is 7.22. The third-order valence-corrected chi connectivity index (χ3v) is 3.34. The van der Waals surface area contributed by atoms with Gasteiger partial charge in [-0.2, -0.15) is 0 Å². The second-order valence-corrected chi connectivity index (χ2v) is 5.01. The summed E-state index contributed by atoms with van der Waals surface area (Å²) in [6.07, 6.45) is 10.2. The molecule has 19 heavy (non-hydrogen) atoms. The second-order valence-electron chi connectivity index (χ2n) is 5.01. The fourth-order valence-corrected chi connectivity index (χ4v) is 2.25. The van der Waals surface area contributed by atoms with E-state index in [0.29, 0.717) is 5.92 Å². The number of hydrogen-bond donors (Lipinski definition) is 1. The van der Waals surface area contributed by atoms with E-state index in [1.807, 2.05) is 12.3 Å². The molecule has 0 aromatic carbocycles. The minimum atomic E-state index is 0.454. The lowest BCUT2D eigenvalue weighted by Gasteiger charge is -2.14. The number of allylic oxidation sites excluding steroid dienone is 3. The average Bonchev–Trinajstić information content (AvgIpc) is 2.45. The molecule has 0 aliphatic rings. The van der Waals surface area contributed by atoms with E-state index in [-0.39, 0.29) is 0 Å². The van der Waals surface area contributed by atoms with E-state index in [2.05, 4.69) is 44.0 Å². The van der Waals surface area contributed by atoms with Gasteiger partial charge in [0, 0.05) is 17.8 Å². The van der Waals surface area contributed by atoms with Crippen LogP contribution in [-0.4, -0.2) is 4.98 Å². The van der Waals surface area contributed by atoms with E-state index < -0.39 is 0 Å². The van der Waals surface area contributed by atoms with Gasteiger partial charge in [0.25, 0.3) is 0 Å². The smallest absolute Gasteiger partial charge is 0.0434 e. The molecule has 2 N–H and O–H groups in total. The molecule has 0 aliphatic carbocycles. The van der Waals surface area contributed by atoms with Crippen molar-refractivity contribution in [2.45, 2.75) is 52.4 Å². The maximum absolute atomic E-state index is 5.65. The van der Waals surface area contributed by atoms with Crippen molar-refractivity contribution in [1.82, 2.24) is 4.98 Å². The van der Waals surface area contributed by atoms with Gasteiger partial charge in [0.15, 0.2) is 0 Å². The van der Waals surface area contributed by atoms with Gasteiger partial charge in [-0.25, -0.2) is 0 Å². The van der Waals surface area contributed by atoms with Crippen molar-refractivity contribution in [2.24, 2.45) is 5.73 Å². The van der Waals surface area contributed by atoms with Crippen molar-refractivity contribution in [1.29, 1.82) is 0 Å². The van der Waals surface area contributed by atoms with Gasteiger partial charge in [-0.1, -0.05) is 44.9 Å². The molecule has 2 heteroatoms. The molecule has 1 unspecified atom stereocenters. The van der Waals surface area contributed by atoms with Crippen LogP contribution >= 0.6 is 0 Å². The molecule has 0 saturated carbocycles. The molecule has 2 nitrogen and oxygen atoms in total. The zero-order chi connectivity index (χ0) is 14.1. The van der Waals surface area contributed by atoms with Crippen LogP contribution in [0, 0.1) is 0 Å². The Morgan fingerprint density at radius 1 is 1.37 bits per heavy atom. The van der Waals surface area contributed by atoms with Crippen molar-refractivity contribution < 1.29 is 0 Å². The molecule has 0 saturated heterocycles. The number of pyridine rings is 1. The van der Waals surface area contributed by atoms with Crippen molar-refractivity contribution in [2.75, 3.05) is 0 Å². The highest BCUT2D eigenvalue weighted by Crippen LogP contribution is 2.25. The predicted octanol–water partition coefficient (Wildman–Crippen LogP) is 4.55. The molecule has 1 rings (SSSR count). The Labute approximate surface area is 117 Å². The Hall–Kier alpha value is -1.57. The summed E-state index contributed by atoms with van der Waals surface area (Å²) < 4.78 is 0. The number of nitrogens with zero attached hydrogens (tertiary/aromatic N) is 1. The molecule has 0 bridgehead atoms. The van der Waals surface area contributed by atoms with Gasteiger partial charge in [-0.3, -0.25) is 4.98 Å². The Kier molecular flexibility index (Phi) is 6.94. The number of hydrogen-bond acceptors (Lipinski definition) is 2. The Morgan fingerprint density at radius 2 is 2.16 bits per heavy atom. The summed E-state index contributed by atoms with van der Waals surface area (Å²) in [5, 5.41) is 0. The Balaban J connectivity index is 2.79. The van der Waals surface area contributed by atoms with E-state index in [9.17, 15) is 0 Å². The lowest BCUT2D eigenvalue weighted by atomic mass is 9.93. The Morgan fingerprint density at radius 3 is 2.68 bits per heavy atom. The van der Waals surface area contributed by atoms with Gasteiger partial charge in [0.05, 0.1) is 0 Å². The number of nitrogens with two attached hydrogens (primary N) is 1. The molecule has 1 aromatic heterocycles. The first-order chi connectivity index (χ1) is 9.21. The maximum atomic E-state index is 5.65. The standard InChI is InChI=1S/C17H26N2/c1-4-8-16(12-15(5-2)13-18)11-14(3)17-9-6-7-10-19-17/h6-7,9-10,12-14H,4-5,8,11,18H2,1-3H3/b15-13-,16-12+. The number of aromatic nitrogens is 1. The first-order valence-electron chi connectivity index (χ1n) is 7.22. The summed E-state index contributed by atoms with van der Waals surface area (Å²) in [5.41, 5.74) is 9.51. The molecule has 1 atom stereocenters. The molecule has 1 heterocycles. The van der Waals surface area contributed by atoms with Gasteiger partial charge >= 0.3 is 0 Å². The molecule has 0 radical (unpaired) electrons. The van der Waals surface area contributed by atoms with Crippen LogP contribution < -0.4 is 5.73 Å². The van der Waals surface area contributed by atoms with Crippen LogP contribution in [0.1, 0.15) is 58.1 Å². The van der Waals surface area contributed by atoms with E-state index >= 15 is 0 Å². The molecular weight excluding hydrogens is 232 g/mol. The zero-order valence-corrected chi connectivity index (χ0v) is 12.4. The van der Waals surface area contributed by atoms with Crippen LogP contribution in [0.25, 0.3) is 0 Å². The molecule has 0 amide bonds. The van der Waals surface area contributed by atoms with E-state index in [0.717, 1.165) is 19.3 Å². The summed E-state index contributed by atoms with van der Waals surface area (Å²) in [7, 11) is 0. The van der Waals surface area contributed by atoms with Gasteiger partial charge in [0.1, 0.15) is 0 Å². The predicted molar refractivity (Wildman–Crippen MR) is 82.8 cm³/mol. The van der Waals surface area contributed by atoms with Crippen LogP contribution in [0.5, 0.6) is 0 Å². The second kappa shape index (κ2) is 8.52. The SMILES string of the molecule is CCC/C(=C\C(=C/N)CC)CC(C)c1ccccn1. The average molecular weight is 258 g/mol. The maximum Gasteiger partial charge on any atom is 0.0434 e. The third-order valence-electron chi connectivity index (χ3n) is 3.34. The molecule has 104 valence electrons. The quantitative estimate of drug-likeness (QED) is 0.728. The van der Waals surface area contributed by atoms with Crippen LogP contribution in [-0.2, 0) is 0 Å². The van der Waals surface area contributed by atoms with Crippen LogP contribution in [0.15, 0.2) is 47.8 Å². The van der Waals surface area contributed by atoms with Crippen LogP contribution in [0.2, 0.25) is 0 Å². The summed E-state index contributed by atoms with van der Waals surface area (Å²) in [4.78, 5) is 4.44. The van der Waals surface area contributed by atoms with Crippen molar-refractivity contribution >= 4 is 0 Å². The minimum absolute atomic E-state index is 0.454. The fraction of sp³-hybridized carbons (Fsp3) is 0.471. The summed E-state index contributed by atoms with van der Waals surface area (Å²) in [5.74, 6) is 0.454.